The molecule has 0 amide bonds. The summed E-state index contributed by atoms with van der Waals surface area (Å²) in [5, 5.41) is 12.5. The highest BCUT2D eigenvalue weighted by molar-refractivity contribution is 7.78. The van der Waals surface area contributed by atoms with Crippen LogP contribution < -0.4 is 10.6 Å². The van der Waals surface area contributed by atoms with E-state index in [0.717, 1.165) is 17.0 Å². The van der Waals surface area contributed by atoms with Gasteiger partial charge in [-0.2, -0.15) is 0 Å². The highest BCUT2D eigenvalue weighted by Gasteiger charge is 2.50. The molecular weight excluding hydrogens is 398 g/mol. The van der Waals surface area contributed by atoms with E-state index in [1.54, 1.807) is 0 Å². The molecule has 0 unspecified atom stereocenters. The molecule has 0 bridgehead atoms. The van der Waals surface area contributed by atoms with E-state index in [-0.39, 0.29) is 22.9 Å². The first-order chi connectivity index (χ1) is 13.7. The predicted molar refractivity (Wildman–Crippen MR) is 125 cm³/mol. The number of rotatable bonds is 7. The topological polar surface area (TPSA) is 54.4 Å². The molecule has 3 rings (SSSR count). The molecule has 3 nitrogen and oxygen atoms in total. The Morgan fingerprint density at radius 1 is 0.828 bits per heavy atom. The van der Waals surface area contributed by atoms with E-state index in [2.05, 4.69) is 0 Å². The Labute approximate surface area is 175 Å². The van der Waals surface area contributed by atoms with Crippen molar-refractivity contribution in [3.63, 3.8) is 0 Å². The lowest BCUT2D eigenvalue weighted by atomic mass is 10.1. The summed E-state index contributed by atoms with van der Waals surface area (Å²) in [6, 6.07) is 19.2. The van der Waals surface area contributed by atoms with Crippen molar-refractivity contribution in [2.45, 2.75) is 63.6 Å². The molecule has 5 heteroatoms. The Morgan fingerprint density at radius 2 is 1.28 bits per heavy atom. The minimum atomic E-state index is -2.96. The van der Waals surface area contributed by atoms with Gasteiger partial charge in [0.15, 0.2) is 0 Å². The molecule has 0 aromatic heterocycles. The number of hydrogen-bond donors (Lipinski definition) is 1. The van der Waals surface area contributed by atoms with Gasteiger partial charge in [-0.05, 0) is 12.8 Å². The molecule has 0 saturated heterocycles. The van der Waals surface area contributed by atoms with E-state index in [0.29, 0.717) is 12.6 Å². The molecule has 2 aromatic carbocycles. The van der Waals surface area contributed by atoms with Gasteiger partial charge in [0, 0.05) is 39.7 Å². The maximum Gasteiger partial charge on any atom is 0.143 e. The highest BCUT2D eigenvalue weighted by Crippen LogP contribution is 2.66. The van der Waals surface area contributed by atoms with Gasteiger partial charge in [-0.1, -0.05) is 88.4 Å². The van der Waals surface area contributed by atoms with Crippen LogP contribution in [-0.2, 0) is 9.13 Å². The Balaban J connectivity index is 2.07. The summed E-state index contributed by atoms with van der Waals surface area (Å²) < 4.78 is 28.7. The lowest BCUT2D eigenvalue weighted by Crippen LogP contribution is -2.34. The normalized spacial score (nSPS) is 23.1. The molecule has 3 atom stereocenters. The van der Waals surface area contributed by atoms with Crippen LogP contribution in [0.25, 0.3) is 0 Å². The van der Waals surface area contributed by atoms with Gasteiger partial charge >= 0.3 is 0 Å². The van der Waals surface area contributed by atoms with Gasteiger partial charge in [-0.15, -0.1) is 0 Å². The molecule has 1 fully saturated rings. The van der Waals surface area contributed by atoms with Crippen molar-refractivity contribution < 1.29 is 14.2 Å². The van der Waals surface area contributed by atoms with Crippen molar-refractivity contribution in [2.24, 2.45) is 5.92 Å². The number of aliphatic hydroxyl groups is 1. The van der Waals surface area contributed by atoms with Crippen LogP contribution in [0.4, 0.5) is 0 Å². The van der Waals surface area contributed by atoms with Gasteiger partial charge in [0.05, 0.1) is 13.2 Å². The van der Waals surface area contributed by atoms with Gasteiger partial charge in [0.1, 0.15) is 7.14 Å². The fourth-order valence-corrected chi connectivity index (χ4v) is 12.6. The van der Waals surface area contributed by atoms with Crippen LogP contribution in [0.3, 0.4) is 0 Å². The minimum absolute atomic E-state index is 0.0631. The van der Waals surface area contributed by atoms with Crippen molar-refractivity contribution in [2.75, 3.05) is 6.16 Å². The molecule has 1 aliphatic rings. The van der Waals surface area contributed by atoms with Crippen LogP contribution in [0.2, 0.25) is 0 Å². The monoisotopic (exact) mass is 432 g/mol. The van der Waals surface area contributed by atoms with Crippen molar-refractivity contribution in [3.8, 4) is 0 Å². The molecule has 2 aromatic rings. The number of hydrogen-bond acceptors (Lipinski definition) is 3. The smallest absolute Gasteiger partial charge is 0.143 e. The van der Waals surface area contributed by atoms with Crippen molar-refractivity contribution in [1.29, 1.82) is 0 Å². The lowest BCUT2D eigenvalue weighted by molar-refractivity contribution is 0.143. The van der Waals surface area contributed by atoms with Crippen molar-refractivity contribution in [1.82, 2.24) is 0 Å². The van der Waals surface area contributed by atoms with Gasteiger partial charge in [0.2, 0.25) is 0 Å². The van der Waals surface area contributed by atoms with E-state index in [1.165, 1.54) is 0 Å². The van der Waals surface area contributed by atoms with E-state index in [9.17, 15) is 14.2 Å². The van der Waals surface area contributed by atoms with E-state index in [1.807, 2.05) is 88.4 Å². The summed E-state index contributed by atoms with van der Waals surface area (Å²) >= 11 is 0. The SMILES string of the molecule is CC(C)P(=O)(C(C)C)[C@@H]1CC[C@H](O)[C@H]1CP(=O)(c1ccccc1)c1ccccc1. The Kier molecular flexibility index (Phi) is 6.94. The van der Waals surface area contributed by atoms with Crippen LogP contribution in [-0.4, -0.2) is 34.3 Å². The Bertz CT molecular complexity index is 837. The molecule has 29 heavy (non-hydrogen) atoms. The number of benzene rings is 2. The van der Waals surface area contributed by atoms with Crippen LogP contribution in [0, 0.1) is 5.92 Å². The van der Waals surface area contributed by atoms with Gasteiger partial charge in [-0.3, -0.25) is 0 Å². The summed E-state index contributed by atoms with van der Waals surface area (Å²) in [7, 11) is -5.51. The third-order valence-electron chi connectivity index (χ3n) is 6.69. The fourth-order valence-electron chi connectivity index (χ4n) is 5.13. The van der Waals surface area contributed by atoms with E-state index >= 15 is 0 Å². The van der Waals surface area contributed by atoms with Gasteiger partial charge in [-0.25, -0.2) is 0 Å². The fraction of sp³-hybridized carbons (Fsp3) is 0.500. The largest absolute Gasteiger partial charge is 0.393 e. The first kappa shape index (κ1) is 22.5. The average Bonchev–Trinajstić information content (AvgIpc) is 3.08. The molecule has 158 valence electrons. The average molecular weight is 432 g/mol. The molecule has 0 radical (unpaired) electrons. The second-order valence-corrected chi connectivity index (χ2v) is 16.1. The first-order valence-electron chi connectivity index (χ1n) is 10.7. The third-order valence-corrected chi connectivity index (χ3v) is 14.8. The van der Waals surface area contributed by atoms with Crippen molar-refractivity contribution in [3.05, 3.63) is 60.7 Å². The first-order valence-corrected chi connectivity index (χ1v) is 14.5. The Morgan fingerprint density at radius 3 is 1.69 bits per heavy atom. The molecule has 0 spiro atoms. The third kappa shape index (κ3) is 4.20. The molecular formula is C24H34O3P2. The highest BCUT2D eigenvalue weighted by atomic mass is 31.2. The molecule has 1 aliphatic carbocycles. The summed E-state index contributed by atoms with van der Waals surface area (Å²) in [4.78, 5) is 0. The van der Waals surface area contributed by atoms with Gasteiger partial charge < -0.3 is 14.2 Å². The zero-order valence-electron chi connectivity index (χ0n) is 17.9. The second kappa shape index (κ2) is 8.93. The van der Waals surface area contributed by atoms with Crippen LogP contribution >= 0.6 is 14.3 Å². The second-order valence-electron chi connectivity index (χ2n) is 8.92. The lowest BCUT2D eigenvalue weighted by Gasteiger charge is -2.37. The van der Waals surface area contributed by atoms with Crippen LogP contribution in [0.5, 0.6) is 0 Å². The summed E-state index contributed by atoms with van der Waals surface area (Å²) in [5.74, 6) is -0.211. The van der Waals surface area contributed by atoms with E-state index < -0.39 is 20.4 Å². The maximum atomic E-state index is 14.5. The molecule has 1 saturated carbocycles. The minimum Gasteiger partial charge on any atom is -0.393 e. The zero-order valence-corrected chi connectivity index (χ0v) is 19.7. The summed E-state index contributed by atoms with van der Waals surface area (Å²) in [5.41, 5.74) is 0.0551. The standard InChI is InChI=1S/C24H34O3P2/c1-18(2)29(27,19(3)4)24-16-15-23(25)22(24)17-28(26,20-11-7-5-8-12-20)21-13-9-6-10-14-21/h5-14,18-19,22-25H,15-17H2,1-4H3/t22-,23+,24-/m1/s1. The predicted octanol–water partition coefficient (Wildman–Crippen LogP) is 5.32. The van der Waals surface area contributed by atoms with Crippen molar-refractivity contribution >= 4 is 24.9 Å². The molecule has 1 N–H and O–H groups in total. The van der Waals surface area contributed by atoms with Crippen LogP contribution in [0.1, 0.15) is 40.5 Å². The summed E-state index contributed by atoms with van der Waals surface area (Å²) in [6.07, 6.45) is 1.22. The number of aliphatic hydroxyl groups excluding tert-OH is 1. The van der Waals surface area contributed by atoms with Gasteiger partial charge in [0.25, 0.3) is 0 Å². The summed E-state index contributed by atoms with van der Waals surface area (Å²) in [6.45, 7) is 8.15. The maximum absolute atomic E-state index is 14.5. The molecule has 0 aliphatic heterocycles. The quantitative estimate of drug-likeness (QED) is 0.603. The van der Waals surface area contributed by atoms with E-state index in [4.69, 9.17) is 0 Å². The van der Waals surface area contributed by atoms with Crippen LogP contribution in [0.15, 0.2) is 60.7 Å². The Hall–Kier alpha value is -1.14. The molecule has 0 heterocycles. The zero-order chi connectivity index (χ0) is 21.2.